The zero-order valence-corrected chi connectivity index (χ0v) is 15.8. The van der Waals surface area contributed by atoms with E-state index in [1.807, 2.05) is 29.2 Å². The average Bonchev–Trinajstić information content (AvgIpc) is 3.44. The smallest absolute Gasteiger partial charge is 0.251 e. The van der Waals surface area contributed by atoms with Gasteiger partial charge in [0.15, 0.2) is 0 Å². The van der Waals surface area contributed by atoms with E-state index in [0.717, 1.165) is 44.2 Å². The van der Waals surface area contributed by atoms with Gasteiger partial charge in [-0.25, -0.2) is 0 Å². The maximum Gasteiger partial charge on any atom is 0.251 e. The fraction of sp³-hybridized carbons (Fsp3) is 0.619. The summed E-state index contributed by atoms with van der Waals surface area (Å²) in [4.78, 5) is 26.8. The molecule has 0 unspecified atom stereocenters. The molecule has 0 spiro atoms. The molecule has 2 fully saturated rings. The largest absolute Gasteiger partial charge is 0.390 e. The predicted octanol–water partition coefficient (Wildman–Crippen LogP) is 2.52. The van der Waals surface area contributed by atoms with Crippen LogP contribution in [0, 0.1) is 5.92 Å². The van der Waals surface area contributed by atoms with Crippen LogP contribution in [-0.4, -0.2) is 46.6 Å². The van der Waals surface area contributed by atoms with Crippen LogP contribution in [0.4, 0.5) is 0 Å². The number of carbonyl (C=O) groups is 2. The second-order valence-corrected chi connectivity index (χ2v) is 8.38. The van der Waals surface area contributed by atoms with Gasteiger partial charge >= 0.3 is 0 Å². The van der Waals surface area contributed by atoms with E-state index in [2.05, 4.69) is 5.32 Å². The molecule has 5 nitrogen and oxygen atoms in total. The molecule has 2 N–H and O–H groups in total. The topological polar surface area (TPSA) is 69.6 Å². The third-order valence-corrected chi connectivity index (χ3v) is 5.21. The zero-order chi connectivity index (χ0) is 18.7. The molecular formula is C21H30N2O3. The summed E-state index contributed by atoms with van der Waals surface area (Å²) in [5.41, 5.74) is 0.982. The van der Waals surface area contributed by atoms with E-state index >= 15 is 0 Å². The lowest BCUT2D eigenvalue weighted by Crippen LogP contribution is -2.50. The van der Waals surface area contributed by atoms with Gasteiger partial charge in [-0.2, -0.15) is 0 Å². The van der Waals surface area contributed by atoms with Gasteiger partial charge < -0.3 is 15.3 Å². The Morgan fingerprint density at radius 1 is 1.27 bits per heavy atom. The maximum atomic E-state index is 12.6. The molecule has 1 aliphatic carbocycles. The van der Waals surface area contributed by atoms with Crippen molar-refractivity contribution in [2.45, 2.75) is 64.0 Å². The molecule has 0 bridgehead atoms. The average molecular weight is 358 g/mol. The van der Waals surface area contributed by atoms with Crippen molar-refractivity contribution in [2.75, 3.05) is 13.1 Å². The Bertz CT molecular complexity index is 661. The Kier molecular flexibility index (Phi) is 5.66. The van der Waals surface area contributed by atoms with E-state index in [1.165, 1.54) is 0 Å². The number of hydrogen-bond donors (Lipinski definition) is 2. The minimum absolute atomic E-state index is 0.0268. The highest BCUT2D eigenvalue weighted by Crippen LogP contribution is 2.31. The summed E-state index contributed by atoms with van der Waals surface area (Å²) in [7, 11) is 0. The number of aryl methyl sites for hydroxylation is 1. The third kappa shape index (κ3) is 5.31. The van der Waals surface area contributed by atoms with Crippen LogP contribution in [0.5, 0.6) is 0 Å². The van der Waals surface area contributed by atoms with E-state index < -0.39 is 5.60 Å². The molecule has 1 saturated heterocycles. The monoisotopic (exact) mass is 358 g/mol. The van der Waals surface area contributed by atoms with Gasteiger partial charge in [0, 0.05) is 30.6 Å². The van der Waals surface area contributed by atoms with Gasteiger partial charge in [0.25, 0.3) is 5.91 Å². The zero-order valence-electron chi connectivity index (χ0n) is 15.8. The van der Waals surface area contributed by atoms with Crippen molar-refractivity contribution in [1.82, 2.24) is 10.2 Å². The number of piperidine rings is 1. The first-order chi connectivity index (χ1) is 12.3. The van der Waals surface area contributed by atoms with Gasteiger partial charge in [0.1, 0.15) is 0 Å². The van der Waals surface area contributed by atoms with Crippen molar-refractivity contribution in [2.24, 2.45) is 5.92 Å². The minimum Gasteiger partial charge on any atom is -0.390 e. The molecule has 5 heteroatoms. The fourth-order valence-electron chi connectivity index (χ4n) is 3.47. The lowest BCUT2D eigenvalue weighted by Gasteiger charge is -2.33. The molecule has 1 atom stereocenters. The number of benzene rings is 1. The summed E-state index contributed by atoms with van der Waals surface area (Å²) in [5, 5.41) is 13.0. The molecule has 2 amide bonds. The molecule has 2 aliphatic rings. The van der Waals surface area contributed by atoms with Crippen LogP contribution >= 0.6 is 0 Å². The van der Waals surface area contributed by atoms with Crippen LogP contribution in [0.3, 0.4) is 0 Å². The van der Waals surface area contributed by atoms with E-state index in [9.17, 15) is 14.7 Å². The molecule has 0 radical (unpaired) electrons. The van der Waals surface area contributed by atoms with Crippen LogP contribution in [0.2, 0.25) is 0 Å². The minimum atomic E-state index is -0.710. The van der Waals surface area contributed by atoms with Crippen molar-refractivity contribution in [3.8, 4) is 0 Å². The molecule has 1 aromatic carbocycles. The third-order valence-electron chi connectivity index (χ3n) is 5.21. The standard InChI is InChI=1S/C21H30N2O3/c1-21(2,26)11-10-15-5-3-6-17(13-15)19(24)22-18-7-4-12-23(14-18)20(25)16-8-9-16/h3,5-6,13,16,18,26H,4,7-12,14H2,1-2H3,(H,22,24)/t18-/m1/s1. The van der Waals surface area contributed by atoms with Crippen LogP contribution in [-0.2, 0) is 11.2 Å². The summed E-state index contributed by atoms with van der Waals surface area (Å²) in [6.07, 6.45) is 5.28. The number of nitrogens with zero attached hydrogens (tertiary/aromatic N) is 1. The van der Waals surface area contributed by atoms with Crippen molar-refractivity contribution in [3.63, 3.8) is 0 Å². The summed E-state index contributed by atoms with van der Waals surface area (Å²) in [6.45, 7) is 5.02. The molecule has 1 saturated carbocycles. The second kappa shape index (κ2) is 7.78. The number of amides is 2. The SMILES string of the molecule is CC(C)(O)CCc1cccc(C(=O)N[C@@H]2CCCN(C(=O)C3CC3)C2)c1. The maximum absolute atomic E-state index is 12.6. The van der Waals surface area contributed by atoms with E-state index in [4.69, 9.17) is 0 Å². The molecule has 3 rings (SSSR count). The Hall–Kier alpha value is -1.88. The lowest BCUT2D eigenvalue weighted by molar-refractivity contribution is -0.133. The van der Waals surface area contributed by atoms with Crippen LogP contribution < -0.4 is 5.32 Å². The molecule has 1 aromatic rings. The lowest BCUT2D eigenvalue weighted by atomic mass is 9.97. The van der Waals surface area contributed by atoms with Gasteiger partial charge in [0.05, 0.1) is 5.60 Å². The normalized spacial score (nSPS) is 20.7. The Morgan fingerprint density at radius 2 is 2.04 bits per heavy atom. The number of likely N-dealkylation sites (tertiary alicyclic amines) is 1. The molecule has 26 heavy (non-hydrogen) atoms. The van der Waals surface area contributed by atoms with Gasteiger partial charge in [-0.05, 0) is 70.1 Å². The Morgan fingerprint density at radius 3 is 2.73 bits per heavy atom. The van der Waals surface area contributed by atoms with E-state index in [-0.39, 0.29) is 23.8 Å². The number of nitrogens with one attached hydrogen (secondary N) is 1. The summed E-state index contributed by atoms with van der Waals surface area (Å²) in [6, 6.07) is 7.62. The van der Waals surface area contributed by atoms with Gasteiger partial charge in [-0.15, -0.1) is 0 Å². The van der Waals surface area contributed by atoms with Gasteiger partial charge in [-0.3, -0.25) is 9.59 Å². The van der Waals surface area contributed by atoms with Crippen LogP contribution in [0.15, 0.2) is 24.3 Å². The highest BCUT2D eigenvalue weighted by atomic mass is 16.3. The number of aliphatic hydroxyl groups is 1. The van der Waals surface area contributed by atoms with Crippen molar-refractivity contribution in [3.05, 3.63) is 35.4 Å². The molecule has 1 aliphatic heterocycles. The summed E-state index contributed by atoms with van der Waals surface area (Å²) in [5.74, 6) is 0.412. The van der Waals surface area contributed by atoms with Crippen molar-refractivity contribution < 1.29 is 14.7 Å². The number of rotatable bonds is 6. The van der Waals surface area contributed by atoms with E-state index in [0.29, 0.717) is 18.5 Å². The first kappa shape index (κ1) is 18.9. The first-order valence-electron chi connectivity index (χ1n) is 9.73. The van der Waals surface area contributed by atoms with Gasteiger partial charge in [-0.1, -0.05) is 12.1 Å². The predicted molar refractivity (Wildman–Crippen MR) is 101 cm³/mol. The summed E-state index contributed by atoms with van der Waals surface area (Å²) >= 11 is 0. The molecule has 142 valence electrons. The van der Waals surface area contributed by atoms with Crippen molar-refractivity contribution in [1.29, 1.82) is 0 Å². The van der Waals surface area contributed by atoms with Gasteiger partial charge in [0.2, 0.25) is 5.91 Å². The van der Waals surface area contributed by atoms with E-state index in [1.54, 1.807) is 13.8 Å². The summed E-state index contributed by atoms with van der Waals surface area (Å²) < 4.78 is 0. The second-order valence-electron chi connectivity index (χ2n) is 8.38. The molecular weight excluding hydrogens is 328 g/mol. The highest BCUT2D eigenvalue weighted by Gasteiger charge is 2.35. The number of hydrogen-bond acceptors (Lipinski definition) is 3. The fourth-order valence-corrected chi connectivity index (χ4v) is 3.47. The van der Waals surface area contributed by atoms with Crippen molar-refractivity contribution >= 4 is 11.8 Å². The highest BCUT2D eigenvalue weighted by molar-refractivity contribution is 5.94. The quantitative estimate of drug-likeness (QED) is 0.821. The Balaban J connectivity index is 1.56. The Labute approximate surface area is 155 Å². The number of carbonyl (C=O) groups excluding carboxylic acids is 2. The first-order valence-corrected chi connectivity index (χ1v) is 9.73. The van der Waals surface area contributed by atoms with Crippen LogP contribution in [0.25, 0.3) is 0 Å². The molecule has 1 heterocycles. The van der Waals surface area contributed by atoms with Crippen LogP contribution in [0.1, 0.15) is 61.9 Å². The molecule has 0 aromatic heterocycles.